The van der Waals surface area contributed by atoms with Crippen LogP contribution in [0.1, 0.15) is 26.7 Å². The first-order chi connectivity index (χ1) is 12.0. The highest BCUT2D eigenvalue weighted by atomic mass is 16.5. The number of hydrogen-bond acceptors (Lipinski definition) is 6. The van der Waals surface area contributed by atoms with Crippen molar-refractivity contribution in [3.05, 3.63) is 41.7 Å². The molecule has 2 N–H and O–H groups in total. The van der Waals surface area contributed by atoms with E-state index in [0.717, 1.165) is 5.69 Å². The van der Waals surface area contributed by atoms with Crippen molar-refractivity contribution in [2.24, 2.45) is 18.7 Å². The third kappa shape index (κ3) is 4.00. The summed E-state index contributed by atoms with van der Waals surface area (Å²) >= 11 is 0. The zero-order chi connectivity index (χ0) is 17.8. The van der Waals surface area contributed by atoms with Gasteiger partial charge < -0.3 is 15.4 Å². The first-order valence-electron chi connectivity index (χ1n) is 8.00. The summed E-state index contributed by atoms with van der Waals surface area (Å²) in [6.45, 7) is 2.12. The van der Waals surface area contributed by atoms with Gasteiger partial charge in [-0.3, -0.25) is 19.3 Å². The molecule has 0 saturated carbocycles. The average molecular weight is 344 g/mol. The monoisotopic (exact) mass is 344 g/mol. The minimum absolute atomic E-state index is 0.0642. The predicted molar refractivity (Wildman–Crippen MR) is 87.7 cm³/mol. The van der Waals surface area contributed by atoms with Crippen LogP contribution in [0.2, 0.25) is 0 Å². The number of rotatable bonds is 4. The summed E-state index contributed by atoms with van der Waals surface area (Å²) in [5.74, 6) is -0.580. The molecule has 2 amide bonds. The maximum atomic E-state index is 12.7. The number of carbonyl (C=O) groups is 2. The summed E-state index contributed by atoms with van der Waals surface area (Å²) in [6.07, 6.45) is 5.11. The Labute approximate surface area is 144 Å². The standard InChI is InChI=1S/C16H20N6O3/c1-21-14(2-3-20-21)16(24)22-4-5-25-10-11(9-22)6-12-7-19-13(8-18-12)15(17)23/h2-3,7-8,11H,4-6,9-10H2,1H3,(H2,17,23)/t11-/m1/s1. The minimum atomic E-state index is -0.607. The van der Waals surface area contributed by atoms with E-state index in [1.807, 2.05) is 0 Å². The third-order valence-corrected chi connectivity index (χ3v) is 4.12. The molecule has 132 valence electrons. The summed E-state index contributed by atoms with van der Waals surface area (Å²) in [5, 5.41) is 4.05. The van der Waals surface area contributed by atoms with Gasteiger partial charge in [-0.15, -0.1) is 0 Å². The van der Waals surface area contributed by atoms with E-state index in [2.05, 4.69) is 15.1 Å². The van der Waals surface area contributed by atoms with Gasteiger partial charge in [-0.1, -0.05) is 0 Å². The Hall–Kier alpha value is -2.81. The average Bonchev–Trinajstić information content (AvgIpc) is 2.89. The van der Waals surface area contributed by atoms with Gasteiger partial charge in [0.1, 0.15) is 11.4 Å². The minimum Gasteiger partial charge on any atom is -0.379 e. The first kappa shape index (κ1) is 17.0. The van der Waals surface area contributed by atoms with Crippen molar-refractivity contribution in [1.29, 1.82) is 0 Å². The van der Waals surface area contributed by atoms with Crippen molar-refractivity contribution in [2.75, 3.05) is 26.3 Å². The predicted octanol–water partition coefficient (Wildman–Crippen LogP) is -0.360. The molecule has 0 spiro atoms. The summed E-state index contributed by atoms with van der Waals surface area (Å²) in [7, 11) is 1.74. The lowest BCUT2D eigenvalue weighted by atomic mass is 10.0. The van der Waals surface area contributed by atoms with E-state index in [-0.39, 0.29) is 17.5 Å². The Bertz CT molecular complexity index is 757. The first-order valence-corrected chi connectivity index (χ1v) is 8.00. The molecule has 0 radical (unpaired) electrons. The molecule has 1 saturated heterocycles. The fraction of sp³-hybridized carbons (Fsp3) is 0.438. The number of hydrogen-bond donors (Lipinski definition) is 1. The maximum absolute atomic E-state index is 12.7. The van der Waals surface area contributed by atoms with Gasteiger partial charge in [0, 0.05) is 38.4 Å². The number of primary amides is 1. The van der Waals surface area contributed by atoms with Crippen molar-refractivity contribution in [1.82, 2.24) is 24.6 Å². The van der Waals surface area contributed by atoms with Crippen LogP contribution in [0.25, 0.3) is 0 Å². The molecular formula is C16H20N6O3. The van der Waals surface area contributed by atoms with E-state index in [0.29, 0.717) is 38.4 Å². The second-order valence-corrected chi connectivity index (χ2v) is 5.99. The number of aromatic nitrogens is 4. The van der Waals surface area contributed by atoms with Crippen LogP contribution in [-0.2, 0) is 18.2 Å². The molecule has 3 heterocycles. The van der Waals surface area contributed by atoms with Crippen molar-refractivity contribution >= 4 is 11.8 Å². The zero-order valence-electron chi connectivity index (χ0n) is 14.0. The van der Waals surface area contributed by atoms with Crippen LogP contribution in [-0.4, -0.2) is 62.8 Å². The Morgan fingerprint density at radius 1 is 1.36 bits per heavy atom. The van der Waals surface area contributed by atoms with E-state index in [4.69, 9.17) is 10.5 Å². The molecule has 2 aromatic heterocycles. The lowest BCUT2D eigenvalue weighted by Gasteiger charge is -2.23. The van der Waals surface area contributed by atoms with Gasteiger partial charge in [-0.25, -0.2) is 4.98 Å². The molecule has 2 aromatic rings. The normalized spacial score (nSPS) is 18.0. The van der Waals surface area contributed by atoms with E-state index in [1.165, 1.54) is 12.4 Å². The number of aryl methyl sites for hydroxylation is 1. The summed E-state index contributed by atoms with van der Waals surface area (Å²) in [4.78, 5) is 33.7. The molecule has 0 unspecified atom stereocenters. The summed E-state index contributed by atoms with van der Waals surface area (Å²) in [5.41, 5.74) is 6.58. The smallest absolute Gasteiger partial charge is 0.272 e. The largest absolute Gasteiger partial charge is 0.379 e. The van der Waals surface area contributed by atoms with Crippen molar-refractivity contribution in [3.63, 3.8) is 0 Å². The molecule has 0 bridgehead atoms. The van der Waals surface area contributed by atoms with Gasteiger partial charge in [-0.05, 0) is 12.5 Å². The molecule has 25 heavy (non-hydrogen) atoms. The molecule has 9 nitrogen and oxygen atoms in total. The van der Waals surface area contributed by atoms with E-state index in [1.54, 1.807) is 28.9 Å². The molecule has 3 rings (SSSR count). The van der Waals surface area contributed by atoms with Crippen LogP contribution in [0.4, 0.5) is 0 Å². The topological polar surface area (TPSA) is 116 Å². The highest BCUT2D eigenvalue weighted by Crippen LogP contribution is 2.15. The van der Waals surface area contributed by atoms with Gasteiger partial charge in [0.15, 0.2) is 0 Å². The molecular weight excluding hydrogens is 324 g/mol. The fourth-order valence-electron chi connectivity index (χ4n) is 2.82. The molecule has 0 aliphatic carbocycles. The second-order valence-electron chi connectivity index (χ2n) is 5.99. The zero-order valence-corrected chi connectivity index (χ0v) is 14.0. The second kappa shape index (κ2) is 7.39. The maximum Gasteiger partial charge on any atom is 0.272 e. The van der Waals surface area contributed by atoms with Gasteiger partial charge in [0.2, 0.25) is 0 Å². The number of ether oxygens (including phenoxy) is 1. The van der Waals surface area contributed by atoms with Gasteiger partial charge in [-0.2, -0.15) is 5.10 Å². The van der Waals surface area contributed by atoms with E-state index >= 15 is 0 Å². The van der Waals surface area contributed by atoms with Crippen LogP contribution in [0.5, 0.6) is 0 Å². The fourth-order valence-corrected chi connectivity index (χ4v) is 2.82. The van der Waals surface area contributed by atoms with Crippen molar-refractivity contribution < 1.29 is 14.3 Å². The van der Waals surface area contributed by atoms with Gasteiger partial charge in [0.05, 0.1) is 25.1 Å². The van der Waals surface area contributed by atoms with Gasteiger partial charge >= 0.3 is 0 Å². The van der Waals surface area contributed by atoms with Crippen LogP contribution in [0.3, 0.4) is 0 Å². The van der Waals surface area contributed by atoms with Crippen LogP contribution in [0.15, 0.2) is 24.7 Å². The Kier molecular flexibility index (Phi) is 5.03. The third-order valence-electron chi connectivity index (χ3n) is 4.12. The Morgan fingerprint density at radius 3 is 2.84 bits per heavy atom. The Morgan fingerprint density at radius 2 is 2.20 bits per heavy atom. The molecule has 1 aliphatic heterocycles. The number of amides is 2. The molecule has 1 fully saturated rings. The van der Waals surface area contributed by atoms with Crippen LogP contribution in [0, 0.1) is 5.92 Å². The van der Waals surface area contributed by atoms with Gasteiger partial charge in [0.25, 0.3) is 11.8 Å². The van der Waals surface area contributed by atoms with E-state index < -0.39 is 5.91 Å². The van der Waals surface area contributed by atoms with Crippen LogP contribution >= 0.6 is 0 Å². The number of nitrogens with zero attached hydrogens (tertiary/aromatic N) is 5. The summed E-state index contributed by atoms with van der Waals surface area (Å²) < 4.78 is 7.20. The number of carbonyl (C=O) groups excluding carboxylic acids is 2. The SMILES string of the molecule is Cn1nccc1C(=O)N1CCOC[C@H](Cc2cnc(C(N)=O)cn2)C1. The highest BCUT2D eigenvalue weighted by molar-refractivity contribution is 5.92. The van der Waals surface area contributed by atoms with E-state index in [9.17, 15) is 9.59 Å². The van der Waals surface area contributed by atoms with Crippen molar-refractivity contribution in [2.45, 2.75) is 6.42 Å². The lowest BCUT2D eigenvalue weighted by Crippen LogP contribution is -2.37. The quantitative estimate of drug-likeness (QED) is 0.810. The number of nitrogens with two attached hydrogens (primary N) is 1. The molecule has 9 heteroatoms. The molecule has 0 aromatic carbocycles. The van der Waals surface area contributed by atoms with Crippen molar-refractivity contribution in [3.8, 4) is 0 Å². The Balaban J connectivity index is 1.68. The summed E-state index contributed by atoms with van der Waals surface area (Å²) in [6, 6.07) is 1.71. The molecule has 1 aliphatic rings. The van der Waals surface area contributed by atoms with Crippen LogP contribution < -0.4 is 5.73 Å². The lowest BCUT2D eigenvalue weighted by molar-refractivity contribution is 0.0726. The highest BCUT2D eigenvalue weighted by Gasteiger charge is 2.25. The molecule has 1 atom stereocenters.